The van der Waals surface area contributed by atoms with E-state index < -0.39 is 0 Å². The van der Waals surface area contributed by atoms with E-state index in [1.807, 2.05) is 11.3 Å². The van der Waals surface area contributed by atoms with Gasteiger partial charge >= 0.3 is 0 Å². The quantitative estimate of drug-likeness (QED) is 0.535. The summed E-state index contributed by atoms with van der Waals surface area (Å²) in [5.74, 6) is 0. The number of hydrogen-bond donors (Lipinski definition) is 0. The van der Waals surface area contributed by atoms with Crippen LogP contribution < -0.4 is 0 Å². The minimum absolute atomic E-state index is 0.286. The van der Waals surface area contributed by atoms with E-state index >= 15 is 0 Å². The highest BCUT2D eigenvalue weighted by Gasteiger charge is 2.20. The van der Waals surface area contributed by atoms with E-state index in [2.05, 4.69) is 77.1 Å². The van der Waals surface area contributed by atoms with E-state index in [9.17, 15) is 0 Å². The van der Waals surface area contributed by atoms with Gasteiger partial charge < -0.3 is 0 Å². The predicted octanol–water partition coefficient (Wildman–Crippen LogP) is 6.23. The summed E-state index contributed by atoms with van der Waals surface area (Å²) in [7, 11) is 0. The molecule has 1 unspecified atom stereocenters. The van der Waals surface area contributed by atoms with Gasteiger partial charge in [0.1, 0.15) is 0 Å². The topological polar surface area (TPSA) is 0 Å². The zero-order valence-corrected chi connectivity index (χ0v) is 15.0. The lowest BCUT2D eigenvalue weighted by molar-refractivity contribution is 1.10. The average Bonchev–Trinajstić information content (AvgIpc) is 2.72. The van der Waals surface area contributed by atoms with Crippen LogP contribution in [0, 0.1) is 27.7 Å². The highest BCUT2D eigenvalue weighted by Crippen LogP contribution is 2.41. The molecule has 2 aromatic rings. The maximum absolute atomic E-state index is 3.87. The smallest absolute Gasteiger partial charge is 0.0746 e. The molecule has 0 amide bonds. The third-order valence-electron chi connectivity index (χ3n) is 3.32. The van der Waals surface area contributed by atoms with E-state index in [1.165, 1.54) is 37.2 Å². The summed E-state index contributed by atoms with van der Waals surface area (Å²) in [5, 5.41) is 2.16. The lowest BCUT2D eigenvalue weighted by Gasteiger charge is -2.18. The van der Waals surface area contributed by atoms with Crippen LogP contribution in [0.2, 0.25) is 0 Å². The molecule has 1 heterocycles. The lowest BCUT2D eigenvalue weighted by Crippen LogP contribution is -2.01. The van der Waals surface area contributed by atoms with Crippen LogP contribution in [-0.4, -0.2) is 0 Å². The number of aryl methyl sites for hydroxylation is 3. The monoisotopic (exact) mass is 386 g/mol. The number of benzene rings is 1. The zero-order valence-electron chi connectivity index (χ0n) is 11.0. The van der Waals surface area contributed by atoms with Crippen LogP contribution in [-0.2, 0) is 0 Å². The Balaban J connectivity index is 2.59. The van der Waals surface area contributed by atoms with Gasteiger partial charge in [0.05, 0.1) is 4.83 Å². The molecule has 18 heavy (non-hydrogen) atoms. The van der Waals surface area contributed by atoms with Crippen LogP contribution in [0.3, 0.4) is 0 Å². The first kappa shape index (κ1) is 14.3. The van der Waals surface area contributed by atoms with Crippen molar-refractivity contribution in [1.82, 2.24) is 0 Å². The Kier molecular flexibility index (Phi) is 4.35. The number of alkyl halides is 1. The Bertz CT molecular complexity index is 584. The fourth-order valence-electron chi connectivity index (χ4n) is 2.34. The summed E-state index contributed by atoms with van der Waals surface area (Å²) in [6.45, 7) is 8.71. The van der Waals surface area contributed by atoms with Crippen LogP contribution >= 0.6 is 43.2 Å². The fraction of sp³-hybridized carbons (Fsp3) is 0.333. The minimum Gasteiger partial charge on any atom is -0.147 e. The Morgan fingerprint density at radius 3 is 2.28 bits per heavy atom. The molecule has 96 valence electrons. The molecule has 1 aromatic carbocycles. The summed E-state index contributed by atoms with van der Waals surface area (Å²) in [4.78, 5) is 1.69. The number of rotatable bonds is 2. The second-order valence-corrected chi connectivity index (χ2v) is 7.35. The molecule has 0 fully saturated rings. The van der Waals surface area contributed by atoms with Gasteiger partial charge in [-0.05, 0) is 67.0 Å². The number of halogens is 2. The van der Waals surface area contributed by atoms with Crippen molar-refractivity contribution in [2.75, 3.05) is 0 Å². The molecule has 2 rings (SSSR count). The van der Waals surface area contributed by atoms with E-state index in [0.29, 0.717) is 0 Å². The molecule has 3 heteroatoms. The van der Waals surface area contributed by atoms with Crippen molar-refractivity contribution in [2.45, 2.75) is 32.5 Å². The summed E-state index contributed by atoms with van der Waals surface area (Å²) in [6, 6.07) is 4.44. The van der Waals surface area contributed by atoms with E-state index in [4.69, 9.17) is 0 Å². The zero-order chi connectivity index (χ0) is 13.4. The Morgan fingerprint density at radius 1 is 1.06 bits per heavy atom. The summed E-state index contributed by atoms with van der Waals surface area (Å²) >= 11 is 9.39. The van der Waals surface area contributed by atoms with Gasteiger partial charge in [0.25, 0.3) is 0 Å². The molecule has 1 atom stereocenters. The molecule has 0 nitrogen and oxygen atoms in total. The fourth-order valence-corrected chi connectivity index (χ4v) is 4.97. The van der Waals surface area contributed by atoms with Gasteiger partial charge in [-0.25, -0.2) is 0 Å². The molecule has 0 saturated carbocycles. The first-order valence-corrected chi connectivity index (χ1v) is 8.46. The number of thiophene rings is 1. The summed E-state index contributed by atoms with van der Waals surface area (Å²) in [6.07, 6.45) is 0. The highest BCUT2D eigenvalue weighted by molar-refractivity contribution is 9.10. The van der Waals surface area contributed by atoms with Crippen LogP contribution in [0.5, 0.6) is 0 Å². The second-order valence-electron chi connectivity index (χ2n) is 4.69. The first-order valence-electron chi connectivity index (χ1n) is 5.87. The SMILES string of the molecule is Cc1ccsc1C(Br)c1c(C)cc(C)c(Br)c1C. The van der Waals surface area contributed by atoms with Crippen LogP contribution in [0.4, 0.5) is 0 Å². The Labute approximate surface area is 130 Å². The molecule has 0 radical (unpaired) electrons. The van der Waals surface area contributed by atoms with Crippen molar-refractivity contribution >= 4 is 43.2 Å². The van der Waals surface area contributed by atoms with E-state index in [1.54, 1.807) is 0 Å². The van der Waals surface area contributed by atoms with Crippen molar-refractivity contribution in [1.29, 1.82) is 0 Å². The maximum atomic E-state index is 3.87. The van der Waals surface area contributed by atoms with Crippen LogP contribution in [0.1, 0.15) is 37.5 Å². The summed E-state index contributed by atoms with van der Waals surface area (Å²) < 4.78 is 1.22. The van der Waals surface area contributed by atoms with Gasteiger partial charge in [0.15, 0.2) is 0 Å². The minimum atomic E-state index is 0.286. The average molecular weight is 388 g/mol. The largest absolute Gasteiger partial charge is 0.147 e. The van der Waals surface area contributed by atoms with E-state index in [-0.39, 0.29) is 4.83 Å². The molecule has 0 N–H and O–H groups in total. The normalized spacial score (nSPS) is 12.8. The van der Waals surface area contributed by atoms with E-state index in [0.717, 1.165) is 0 Å². The van der Waals surface area contributed by atoms with Gasteiger partial charge in [-0.15, -0.1) is 11.3 Å². The molecular weight excluding hydrogens is 372 g/mol. The maximum Gasteiger partial charge on any atom is 0.0746 e. The van der Waals surface area contributed by atoms with Crippen molar-refractivity contribution in [3.05, 3.63) is 54.7 Å². The lowest BCUT2D eigenvalue weighted by atomic mass is 9.96. The van der Waals surface area contributed by atoms with Crippen LogP contribution in [0.15, 0.2) is 22.0 Å². The first-order chi connectivity index (χ1) is 8.43. The third kappa shape index (κ3) is 2.45. The van der Waals surface area contributed by atoms with Gasteiger partial charge in [0, 0.05) is 9.35 Å². The van der Waals surface area contributed by atoms with Crippen molar-refractivity contribution in [3.8, 4) is 0 Å². The molecule has 0 bridgehead atoms. The Hall–Kier alpha value is -0.120. The van der Waals surface area contributed by atoms with Gasteiger partial charge in [-0.3, -0.25) is 0 Å². The Morgan fingerprint density at radius 2 is 1.72 bits per heavy atom. The van der Waals surface area contributed by atoms with Gasteiger partial charge in [-0.2, -0.15) is 0 Å². The summed E-state index contributed by atoms with van der Waals surface area (Å²) in [5.41, 5.74) is 6.73. The van der Waals surface area contributed by atoms with Crippen molar-refractivity contribution in [2.24, 2.45) is 0 Å². The standard InChI is InChI=1S/C15H16Br2S/c1-8-5-6-18-15(8)14(17)12-9(2)7-10(3)13(16)11(12)4/h5-7,14H,1-4H3. The predicted molar refractivity (Wildman–Crippen MR) is 88.2 cm³/mol. The van der Waals surface area contributed by atoms with Gasteiger partial charge in [-0.1, -0.05) is 37.9 Å². The van der Waals surface area contributed by atoms with Crippen LogP contribution in [0.25, 0.3) is 0 Å². The second kappa shape index (κ2) is 5.48. The molecule has 0 aliphatic rings. The molecule has 0 saturated heterocycles. The molecule has 0 spiro atoms. The molecule has 0 aliphatic carbocycles. The molecule has 1 aromatic heterocycles. The van der Waals surface area contributed by atoms with Crippen molar-refractivity contribution < 1.29 is 0 Å². The van der Waals surface area contributed by atoms with Crippen molar-refractivity contribution in [3.63, 3.8) is 0 Å². The third-order valence-corrected chi connectivity index (χ3v) is 6.85. The number of hydrogen-bond acceptors (Lipinski definition) is 1. The highest BCUT2D eigenvalue weighted by atomic mass is 79.9. The molecular formula is C15H16Br2S. The molecule has 0 aliphatic heterocycles. The van der Waals surface area contributed by atoms with Gasteiger partial charge in [0.2, 0.25) is 0 Å².